The van der Waals surface area contributed by atoms with Crippen LogP contribution in [0.2, 0.25) is 0 Å². The molecule has 0 aliphatic heterocycles. The molecule has 0 fully saturated rings. The number of carbonyl (C=O) groups is 1. The number of hydrogen-bond acceptors (Lipinski definition) is 3. The number of aliphatic hydroxyl groups is 1. The monoisotopic (exact) mass is 236 g/mol. The lowest BCUT2D eigenvalue weighted by Gasteiger charge is -2.11. The molecule has 0 saturated carbocycles. The minimum atomic E-state index is -2.29. The third-order valence-electron chi connectivity index (χ3n) is 1.88. The van der Waals surface area contributed by atoms with E-state index in [1.807, 2.05) is 0 Å². The topological polar surface area (TPSA) is 66.8 Å². The highest BCUT2D eigenvalue weighted by Gasteiger charge is 2.27. The Morgan fingerprint density at radius 2 is 1.94 bits per heavy atom. The molecule has 2 N–H and O–H groups in total. The van der Waals surface area contributed by atoms with Crippen molar-refractivity contribution in [2.45, 2.75) is 6.10 Å². The lowest BCUT2D eigenvalue weighted by Crippen LogP contribution is -2.14. The van der Waals surface area contributed by atoms with E-state index >= 15 is 0 Å². The standard InChI is InChI=1S/C9H7F3O4/c1-16-8-5(11)3(7(13)9(14)15)2-4(10)6(8)12/h2,7,13H,1H3,(H,14,15). The number of halogens is 3. The zero-order valence-corrected chi connectivity index (χ0v) is 8.00. The van der Waals surface area contributed by atoms with Crippen LogP contribution in [0.15, 0.2) is 6.07 Å². The van der Waals surface area contributed by atoms with E-state index in [0.717, 1.165) is 7.11 Å². The first kappa shape index (κ1) is 12.3. The molecular formula is C9H7F3O4. The maximum Gasteiger partial charge on any atom is 0.337 e. The molecule has 1 aromatic carbocycles. The summed E-state index contributed by atoms with van der Waals surface area (Å²) in [6.07, 6.45) is -2.29. The zero-order chi connectivity index (χ0) is 12.5. The van der Waals surface area contributed by atoms with Crippen molar-refractivity contribution >= 4 is 5.97 Å². The molecule has 1 atom stereocenters. The number of ether oxygens (including phenoxy) is 1. The van der Waals surface area contributed by atoms with Crippen molar-refractivity contribution < 1.29 is 32.9 Å². The van der Waals surface area contributed by atoms with Gasteiger partial charge in [0.05, 0.1) is 7.11 Å². The summed E-state index contributed by atoms with van der Waals surface area (Å²) < 4.78 is 43.4. The fourth-order valence-corrected chi connectivity index (χ4v) is 1.11. The quantitative estimate of drug-likeness (QED) is 0.774. The fourth-order valence-electron chi connectivity index (χ4n) is 1.11. The maximum atomic E-state index is 13.4. The summed E-state index contributed by atoms with van der Waals surface area (Å²) in [4.78, 5) is 10.4. The van der Waals surface area contributed by atoms with Crippen molar-refractivity contribution in [1.82, 2.24) is 0 Å². The van der Waals surface area contributed by atoms with E-state index < -0.39 is 40.8 Å². The Labute approximate surface area is 87.9 Å². The highest BCUT2D eigenvalue weighted by molar-refractivity contribution is 5.74. The van der Waals surface area contributed by atoms with Crippen molar-refractivity contribution in [3.63, 3.8) is 0 Å². The fraction of sp³-hybridized carbons (Fsp3) is 0.222. The van der Waals surface area contributed by atoms with Gasteiger partial charge < -0.3 is 14.9 Å². The summed E-state index contributed by atoms with van der Waals surface area (Å²) in [5, 5.41) is 17.4. The first-order valence-corrected chi connectivity index (χ1v) is 4.02. The highest BCUT2D eigenvalue weighted by Crippen LogP contribution is 2.30. The molecule has 1 rings (SSSR count). The number of methoxy groups -OCH3 is 1. The molecule has 4 nitrogen and oxygen atoms in total. The lowest BCUT2D eigenvalue weighted by molar-refractivity contribution is -0.147. The third kappa shape index (κ3) is 1.94. The average molecular weight is 236 g/mol. The van der Waals surface area contributed by atoms with Gasteiger partial charge in [0.25, 0.3) is 0 Å². The number of carboxylic acids is 1. The highest BCUT2D eigenvalue weighted by atomic mass is 19.2. The molecule has 0 heterocycles. The van der Waals surface area contributed by atoms with Crippen LogP contribution in [-0.4, -0.2) is 23.3 Å². The van der Waals surface area contributed by atoms with Crippen molar-refractivity contribution in [2.24, 2.45) is 0 Å². The van der Waals surface area contributed by atoms with Gasteiger partial charge in [0.1, 0.15) is 0 Å². The summed E-state index contributed by atoms with van der Waals surface area (Å²) >= 11 is 0. The normalized spacial score (nSPS) is 12.3. The van der Waals surface area contributed by atoms with Crippen LogP contribution in [-0.2, 0) is 4.79 Å². The van der Waals surface area contributed by atoms with Gasteiger partial charge in [-0.1, -0.05) is 0 Å². The van der Waals surface area contributed by atoms with Crippen LogP contribution in [0.1, 0.15) is 11.7 Å². The van der Waals surface area contributed by atoms with E-state index in [-0.39, 0.29) is 6.07 Å². The molecule has 16 heavy (non-hydrogen) atoms. The second-order valence-electron chi connectivity index (χ2n) is 2.85. The van der Waals surface area contributed by atoms with Gasteiger partial charge in [-0.15, -0.1) is 0 Å². The van der Waals surface area contributed by atoms with Crippen LogP contribution in [0.4, 0.5) is 13.2 Å². The first-order chi connectivity index (χ1) is 7.40. The SMILES string of the molecule is COc1c(F)c(F)cc(C(O)C(=O)O)c1F. The van der Waals surface area contributed by atoms with Crippen molar-refractivity contribution in [3.8, 4) is 5.75 Å². The molecule has 0 spiro atoms. The molecule has 0 aliphatic rings. The summed E-state index contributed by atoms with van der Waals surface area (Å²) in [5.74, 6) is -7.39. The molecule has 0 saturated heterocycles. The third-order valence-corrected chi connectivity index (χ3v) is 1.88. The molecule has 1 aromatic rings. The number of hydrogen-bond donors (Lipinski definition) is 2. The van der Waals surface area contributed by atoms with Crippen LogP contribution in [0.25, 0.3) is 0 Å². The summed E-state index contributed by atoms with van der Waals surface area (Å²) in [5.41, 5.74) is -0.900. The smallest absolute Gasteiger partial charge is 0.337 e. The van der Waals surface area contributed by atoms with Gasteiger partial charge in [-0.25, -0.2) is 13.6 Å². The number of aliphatic hydroxyl groups excluding tert-OH is 1. The molecule has 0 aliphatic carbocycles. The molecule has 0 radical (unpaired) electrons. The van der Waals surface area contributed by atoms with E-state index in [1.165, 1.54) is 0 Å². The lowest BCUT2D eigenvalue weighted by atomic mass is 10.1. The van der Waals surface area contributed by atoms with Crippen molar-refractivity contribution in [1.29, 1.82) is 0 Å². The molecule has 7 heteroatoms. The van der Waals surface area contributed by atoms with Crippen LogP contribution in [0.3, 0.4) is 0 Å². The molecule has 0 bridgehead atoms. The number of carboxylic acid groups (broad SMARTS) is 1. The summed E-state index contributed by atoms with van der Waals surface area (Å²) in [6, 6.07) is 0.270. The Balaban J connectivity index is 3.42. The summed E-state index contributed by atoms with van der Waals surface area (Å²) in [6.45, 7) is 0. The Bertz CT molecular complexity index is 433. The minimum Gasteiger partial charge on any atom is -0.491 e. The van der Waals surface area contributed by atoms with Gasteiger partial charge in [-0.05, 0) is 6.07 Å². The first-order valence-electron chi connectivity index (χ1n) is 4.02. The Hall–Kier alpha value is -1.76. The van der Waals surface area contributed by atoms with Crippen LogP contribution in [0.5, 0.6) is 5.75 Å². The minimum absolute atomic E-state index is 0.270. The number of rotatable bonds is 3. The van der Waals surface area contributed by atoms with Gasteiger partial charge in [0.2, 0.25) is 5.82 Å². The van der Waals surface area contributed by atoms with E-state index in [1.54, 1.807) is 0 Å². The largest absolute Gasteiger partial charge is 0.491 e. The molecular weight excluding hydrogens is 229 g/mol. The Morgan fingerprint density at radius 1 is 1.38 bits per heavy atom. The van der Waals surface area contributed by atoms with Gasteiger partial charge >= 0.3 is 5.97 Å². The van der Waals surface area contributed by atoms with E-state index in [2.05, 4.69) is 4.74 Å². The van der Waals surface area contributed by atoms with E-state index in [9.17, 15) is 18.0 Å². The predicted molar refractivity (Wildman–Crippen MR) is 45.5 cm³/mol. The molecule has 0 aromatic heterocycles. The average Bonchev–Trinajstić information content (AvgIpc) is 2.23. The van der Waals surface area contributed by atoms with Crippen molar-refractivity contribution in [3.05, 3.63) is 29.1 Å². The number of benzene rings is 1. The van der Waals surface area contributed by atoms with E-state index in [4.69, 9.17) is 10.2 Å². The zero-order valence-electron chi connectivity index (χ0n) is 8.00. The Morgan fingerprint density at radius 3 is 2.38 bits per heavy atom. The second kappa shape index (κ2) is 4.40. The molecule has 88 valence electrons. The van der Waals surface area contributed by atoms with Gasteiger partial charge in [-0.2, -0.15) is 4.39 Å². The van der Waals surface area contributed by atoms with Crippen LogP contribution in [0, 0.1) is 17.5 Å². The molecule has 1 unspecified atom stereocenters. The number of aliphatic carboxylic acids is 1. The Kier molecular flexibility index (Phi) is 3.38. The van der Waals surface area contributed by atoms with Crippen LogP contribution < -0.4 is 4.74 Å². The van der Waals surface area contributed by atoms with Gasteiger partial charge in [0.15, 0.2) is 23.5 Å². The van der Waals surface area contributed by atoms with Crippen LogP contribution >= 0.6 is 0 Å². The maximum absolute atomic E-state index is 13.4. The van der Waals surface area contributed by atoms with Crippen molar-refractivity contribution in [2.75, 3.05) is 7.11 Å². The molecule has 0 amide bonds. The predicted octanol–water partition coefficient (Wildman–Crippen LogP) is 1.23. The second-order valence-corrected chi connectivity index (χ2v) is 2.85. The van der Waals surface area contributed by atoms with Gasteiger partial charge in [-0.3, -0.25) is 0 Å². The van der Waals surface area contributed by atoms with Gasteiger partial charge in [0, 0.05) is 5.56 Å². The van der Waals surface area contributed by atoms with E-state index in [0.29, 0.717) is 0 Å². The summed E-state index contributed by atoms with van der Waals surface area (Å²) in [7, 11) is 0.887.